The van der Waals surface area contributed by atoms with Gasteiger partial charge in [-0.05, 0) is 43.2 Å². The molecule has 3 rings (SSSR count). The van der Waals surface area contributed by atoms with Gasteiger partial charge in [0.15, 0.2) is 11.5 Å². The molecule has 7 nitrogen and oxygen atoms in total. The second-order valence-corrected chi connectivity index (χ2v) is 7.39. The highest BCUT2D eigenvalue weighted by Gasteiger charge is 2.35. The van der Waals surface area contributed by atoms with E-state index in [1.54, 1.807) is 31.1 Å². The molecule has 156 valence electrons. The molecule has 1 unspecified atom stereocenters. The SMILES string of the molecule is COc1ccc(CCN2CC(C(=O)N(C)Cc3ccc(C)o3)CC2=O)cc1OC. The molecule has 7 heteroatoms. The van der Waals surface area contributed by atoms with Gasteiger partial charge in [-0.1, -0.05) is 6.07 Å². The molecule has 1 atom stereocenters. The minimum absolute atomic E-state index is 0.0195. The van der Waals surface area contributed by atoms with Gasteiger partial charge in [0.05, 0.1) is 26.7 Å². The van der Waals surface area contributed by atoms with Crippen LogP contribution >= 0.6 is 0 Å². The number of likely N-dealkylation sites (tertiary alicyclic amines) is 1. The molecule has 0 spiro atoms. The average Bonchev–Trinajstić information content (AvgIpc) is 3.30. The fraction of sp³-hybridized carbons (Fsp3) is 0.455. The maximum absolute atomic E-state index is 12.8. The van der Waals surface area contributed by atoms with E-state index in [4.69, 9.17) is 13.9 Å². The van der Waals surface area contributed by atoms with E-state index >= 15 is 0 Å². The minimum atomic E-state index is -0.311. The summed E-state index contributed by atoms with van der Waals surface area (Å²) in [5.41, 5.74) is 1.05. The van der Waals surface area contributed by atoms with Crippen LogP contribution in [0.3, 0.4) is 0 Å². The molecule has 1 aliphatic rings. The number of furan rings is 1. The zero-order chi connectivity index (χ0) is 21.0. The molecule has 1 aromatic carbocycles. The third-order valence-electron chi connectivity index (χ3n) is 5.25. The van der Waals surface area contributed by atoms with Crippen LogP contribution in [0.15, 0.2) is 34.7 Å². The van der Waals surface area contributed by atoms with Crippen LogP contribution in [0.1, 0.15) is 23.5 Å². The number of methoxy groups -OCH3 is 2. The third-order valence-corrected chi connectivity index (χ3v) is 5.25. The molecular weight excluding hydrogens is 372 g/mol. The third kappa shape index (κ3) is 4.91. The number of amides is 2. The lowest BCUT2D eigenvalue weighted by Gasteiger charge is -2.21. The van der Waals surface area contributed by atoms with Crippen molar-refractivity contribution >= 4 is 11.8 Å². The van der Waals surface area contributed by atoms with E-state index < -0.39 is 0 Å². The first-order valence-electron chi connectivity index (χ1n) is 9.70. The molecule has 1 aliphatic heterocycles. The Hall–Kier alpha value is -2.96. The fourth-order valence-corrected chi connectivity index (χ4v) is 3.65. The number of carbonyl (C=O) groups is 2. The Labute approximate surface area is 171 Å². The summed E-state index contributed by atoms with van der Waals surface area (Å²) in [6.45, 7) is 3.30. The van der Waals surface area contributed by atoms with E-state index in [9.17, 15) is 9.59 Å². The summed E-state index contributed by atoms with van der Waals surface area (Å²) in [5.74, 6) is 2.59. The van der Waals surface area contributed by atoms with Crippen LogP contribution in [0, 0.1) is 12.8 Å². The summed E-state index contributed by atoms with van der Waals surface area (Å²) >= 11 is 0. The van der Waals surface area contributed by atoms with Crippen LogP contribution in [0.5, 0.6) is 11.5 Å². The first-order valence-corrected chi connectivity index (χ1v) is 9.70. The van der Waals surface area contributed by atoms with Crippen LogP contribution in [0.2, 0.25) is 0 Å². The fourth-order valence-electron chi connectivity index (χ4n) is 3.65. The number of benzene rings is 1. The highest BCUT2D eigenvalue weighted by Crippen LogP contribution is 2.28. The molecule has 0 N–H and O–H groups in total. The van der Waals surface area contributed by atoms with Crippen LogP contribution in [0.25, 0.3) is 0 Å². The number of nitrogens with zero attached hydrogens (tertiary/aromatic N) is 2. The average molecular weight is 400 g/mol. The summed E-state index contributed by atoms with van der Waals surface area (Å²) in [6.07, 6.45) is 0.945. The van der Waals surface area contributed by atoms with Crippen LogP contribution in [0.4, 0.5) is 0 Å². The topological polar surface area (TPSA) is 72.2 Å². The highest BCUT2D eigenvalue weighted by molar-refractivity contribution is 5.89. The predicted molar refractivity (Wildman–Crippen MR) is 108 cm³/mol. The van der Waals surface area contributed by atoms with Crippen molar-refractivity contribution in [1.82, 2.24) is 9.80 Å². The van der Waals surface area contributed by atoms with Crippen molar-refractivity contribution in [3.63, 3.8) is 0 Å². The maximum atomic E-state index is 12.8. The number of hydrogen-bond acceptors (Lipinski definition) is 5. The zero-order valence-corrected chi connectivity index (χ0v) is 17.4. The Morgan fingerprint density at radius 3 is 2.62 bits per heavy atom. The molecule has 2 heterocycles. The van der Waals surface area contributed by atoms with Gasteiger partial charge in [0.2, 0.25) is 11.8 Å². The molecule has 29 heavy (non-hydrogen) atoms. The number of hydrogen-bond donors (Lipinski definition) is 0. The molecule has 1 fully saturated rings. The summed E-state index contributed by atoms with van der Waals surface area (Å²) in [7, 11) is 4.95. The highest BCUT2D eigenvalue weighted by atomic mass is 16.5. The second-order valence-electron chi connectivity index (χ2n) is 7.39. The zero-order valence-electron chi connectivity index (χ0n) is 17.4. The number of rotatable bonds is 8. The first-order chi connectivity index (χ1) is 13.9. The van der Waals surface area contributed by atoms with Crippen molar-refractivity contribution in [2.45, 2.75) is 26.3 Å². The Kier molecular flexibility index (Phi) is 6.46. The molecule has 0 radical (unpaired) electrons. The lowest BCUT2D eigenvalue weighted by atomic mass is 10.1. The normalized spacial score (nSPS) is 16.2. The van der Waals surface area contributed by atoms with Crippen molar-refractivity contribution in [2.75, 3.05) is 34.4 Å². The lowest BCUT2D eigenvalue weighted by Crippen LogP contribution is -2.34. The molecule has 2 aromatic rings. The van der Waals surface area contributed by atoms with E-state index in [1.165, 1.54) is 0 Å². The molecule has 0 saturated carbocycles. The van der Waals surface area contributed by atoms with Gasteiger partial charge in [-0.25, -0.2) is 0 Å². The largest absolute Gasteiger partial charge is 0.493 e. The van der Waals surface area contributed by atoms with E-state index in [1.807, 2.05) is 37.3 Å². The van der Waals surface area contributed by atoms with E-state index in [0.29, 0.717) is 37.6 Å². The van der Waals surface area contributed by atoms with Gasteiger partial charge in [-0.2, -0.15) is 0 Å². The van der Waals surface area contributed by atoms with Crippen molar-refractivity contribution in [1.29, 1.82) is 0 Å². The van der Waals surface area contributed by atoms with Crippen molar-refractivity contribution in [3.05, 3.63) is 47.4 Å². The molecule has 1 aromatic heterocycles. The predicted octanol–water partition coefficient (Wildman–Crippen LogP) is 2.65. The molecule has 0 aliphatic carbocycles. The summed E-state index contributed by atoms with van der Waals surface area (Å²) in [5, 5.41) is 0. The van der Waals surface area contributed by atoms with Gasteiger partial charge in [-0.3, -0.25) is 9.59 Å². The van der Waals surface area contributed by atoms with Crippen LogP contribution in [-0.4, -0.2) is 56.0 Å². The molecule has 1 saturated heterocycles. The smallest absolute Gasteiger partial charge is 0.228 e. The van der Waals surface area contributed by atoms with Crippen molar-refractivity contribution in [3.8, 4) is 11.5 Å². The first kappa shape index (κ1) is 20.8. The molecule has 2 amide bonds. The monoisotopic (exact) mass is 400 g/mol. The summed E-state index contributed by atoms with van der Waals surface area (Å²) < 4.78 is 16.1. The van der Waals surface area contributed by atoms with Gasteiger partial charge in [0, 0.05) is 26.6 Å². The lowest BCUT2D eigenvalue weighted by molar-refractivity contribution is -0.135. The Morgan fingerprint density at radius 1 is 1.21 bits per heavy atom. The van der Waals surface area contributed by atoms with E-state index in [2.05, 4.69) is 0 Å². The van der Waals surface area contributed by atoms with Crippen LogP contribution in [-0.2, 0) is 22.6 Å². The van der Waals surface area contributed by atoms with Gasteiger partial charge in [0.1, 0.15) is 11.5 Å². The molecular formula is C22H28N2O5. The Bertz CT molecular complexity index is 876. The number of carbonyl (C=O) groups excluding carboxylic acids is 2. The van der Waals surface area contributed by atoms with Gasteiger partial charge in [0.25, 0.3) is 0 Å². The van der Waals surface area contributed by atoms with Crippen molar-refractivity contribution in [2.24, 2.45) is 5.92 Å². The van der Waals surface area contributed by atoms with Crippen molar-refractivity contribution < 1.29 is 23.5 Å². The maximum Gasteiger partial charge on any atom is 0.228 e. The van der Waals surface area contributed by atoms with Gasteiger partial charge in [-0.15, -0.1) is 0 Å². The number of ether oxygens (including phenoxy) is 2. The van der Waals surface area contributed by atoms with E-state index in [0.717, 1.165) is 17.1 Å². The summed E-state index contributed by atoms with van der Waals surface area (Å²) in [6, 6.07) is 9.49. The quantitative estimate of drug-likeness (QED) is 0.681. The summed E-state index contributed by atoms with van der Waals surface area (Å²) in [4.78, 5) is 28.6. The van der Waals surface area contributed by atoms with Gasteiger partial charge >= 0.3 is 0 Å². The number of aryl methyl sites for hydroxylation is 1. The molecule has 0 bridgehead atoms. The minimum Gasteiger partial charge on any atom is -0.493 e. The van der Waals surface area contributed by atoms with Gasteiger partial charge < -0.3 is 23.7 Å². The Morgan fingerprint density at radius 2 is 1.97 bits per heavy atom. The Balaban J connectivity index is 1.55. The second kappa shape index (κ2) is 9.03. The standard InChI is InChI=1S/C22H28N2O5/c1-15-5-7-18(29-15)14-23(2)22(26)17-12-21(25)24(13-17)10-9-16-6-8-19(27-3)20(11-16)28-4/h5-8,11,17H,9-10,12-14H2,1-4H3. The van der Waals surface area contributed by atoms with E-state index in [-0.39, 0.29) is 24.2 Å². The van der Waals surface area contributed by atoms with Crippen LogP contribution < -0.4 is 9.47 Å².